The van der Waals surface area contributed by atoms with Crippen LogP contribution in [0.1, 0.15) is 34.5 Å². The molecule has 1 atom stereocenters. The van der Waals surface area contributed by atoms with Crippen LogP contribution in [-0.2, 0) is 6.54 Å². The Kier molecular flexibility index (Phi) is 3.31. The Balaban J connectivity index is 0.00000112. The first kappa shape index (κ1) is 11.9. The van der Waals surface area contributed by atoms with E-state index in [-0.39, 0.29) is 24.0 Å². The topological polar surface area (TPSA) is 49.3 Å². The zero-order valence-electron chi connectivity index (χ0n) is 8.08. The molecule has 0 saturated heterocycles. The normalized spacial score (nSPS) is 18.1. The fraction of sp³-hybridized carbons (Fsp3) is 0.300. The molecule has 0 amide bonds. The Labute approximate surface area is 92.7 Å². The molecule has 1 aromatic carbocycles. The number of hydrogen-bond acceptors (Lipinski definition) is 2. The fourth-order valence-electron chi connectivity index (χ4n) is 1.73. The number of halogens is 2. The summed E-state index contributed by atoms with van der Waals surface area (Å²) in [6.07, 6.45) is 0. The van der Waals surface area contributed by atoms with E-state index >= 15 is 0 Å². The van der Waals surface area contributed by atoms with Crippen molar-refractivity contribution in [3.8, 4) is 0 Å². The fourth-order valence-corrected chi connectivity index (χ4v) is 1.73. The number of nitrogens with one attached hydrogen (secondary N) is 1. The Morgan fingerprint density at radius 1 is 1.60 bits per heavy atom. The first-order valence-corrected chi connectivity index (χ1v) is 4.38. The van der Waals surface area contributed by atoms with Gasteiger partial charge in [-0.1, -0.05) is 0 Å². The van der Waals surface area contributed by atoms with Gasteiger partial charge < -0.3 is 10.4 Å². The molecule has 1 aliphatic heterocycles. The molecule has 0 bridgehead atoms. The molecule has 1 heterocycles. The minimum absolute atomic E-state index is 0. The van der Waals surface area contributed by atoms with E-state index in [9.17, 15) is 9.18 Å². The van der Waals surface area contributed by atoms with Crippen molar-refractivity contribution in [3.63, 3.8) is 0 Å². The molecule has 2 rings (SSSR count). The van der Waals surface area contributed by atoms with Crippen LogP contribution in [0.2, 0.25) is 0 Å². The smallest absolute Gasteiger partial charge is 0.338 e. The number of carbonyl (C=O) groups is 1. The van der Waals surface area contributed by atoms with Gasteiger partial charge in [0.15, 0.2) is 0 Å². The molecule has 15 heavy (non-hydrogen) atoms. The third kappa shape index (κ3) is 1.96. The van der Waals surface area contributed by atoms with Crippen molar-refractivity contribution >= 4 is 18.4 Å². The summed E-state index contributed by atoms with van der Waals surface area (Å²) in [5, 5.41) is 11.8. The number of rotatable bonds is 1. The second-order valence-electron chi connectivity index (χ2n) is 3.44. The highest BCUT2D eigenvalue weighted by Crippen LogP contribution is 2.27. The quantitative estimate of drug-likeness (QED) is 0.778. The maximum absolute atomic E-state index is 13.3. The van der Waals surface area contributed by atoms with E-state index in [1.807, 2.05) is 6.92 Å². The maximum Gasteiger partial charge on any atom is 0.338 e. The predicted molar refractivity (Wildman–Crippen MR) is 55.9 cm³/mol. The minimum Gasteiger partial charge on any atom is -0.478 e. The number of benzene rings is 1. The van der Waals surface area contributed by atoms with Gasteiger partial charge in [0.1, 0.15) is 5.82 Å². The lowest BCUT2D eigenvalue weighted by molar-refractivity contribution is 0.0692. The largest absolute Gasteiger partial charge is 0.478 e. The Morgan fingerprint density at radius 2 is 2.27 bits per heavy atom. The molecule has 1 unspecified atom stereocenters. The lowest BCUT2D eigenvalue weighted by Gasteiger charge is -2.05. The third-order valence-corrected chi connectivity index (χ3v) is 2.52. The summed E-state index contributed by atoms with van der Waals surface area (Å²) in [5.41, 5.74) is 1.48. The van der Waals surface area contributed by atoms with Crippen molar-refractivity contribution in [2.24, 2.45) is 0 Å². The van der Waals surface area contributed by atoms with Crippen LogP contribution in [-0.4, -0.2) is 11.1 Å². The molecule has 0 aliphatic carbocycles. The van der Waals surface area contributed by atoms with Gasteiger partial charge in [0.2, 0.25) is 0 Å². The van der Waals surface area contributed by atoms with E-state index in [4.69, 9.17) is 5.11 Å². The predicted octanol–water partition coefficient (Wildman–Crippen LogP) is 2.11. The van der Waals surface area contributed by atoms with Gasteiger partial charge in [-0.3, -0.25) is 0 Å². The molecular weight excluding hydrogens is 221 g/mol. The zero-order chi connectivity index (χ0) is 10.3. The lowest BCUT2D eigenvalue weighted by Crippen LogP contribution is -2.07. The van der Waals surface area contributed by atoms with Gasteiger partial charge >= 0.3 is 5.97 Å². The van der Waals surface area contributed by atoms with E-state index in [0.717, 1.165) is 11.1 Å². The zero-order valence-corrected chi connectivity index (χ0v) is 8.90. The second-order valence-corrected chi connectivity index (χ2v) is 3.44. The first-order chi connectivity index (χ1) is 6.59. The van der Waals surface area contributed by atoms with Crippen LogP contribution in [0, 0.1) is 5.82 Å². The van der Waals surface area contributed by atoms with Crippen molar-refractivity contribution < 1.29 is 14.3 Å². The number of carboxylic acids is 1. The molecule has 5 heteroatoms. The van der Waals surface area contributed by atoms with Crippen LogP contribution in [0.5, 0.6) is 0 Å². The Hall–Kier alpha value is -1.13. The van der Waals surface area contributed by atoms with Crippen molar-refractivity contribution in [2.75, 3.05) is 0 Å². The molecule has 1 aliphatic rings. The number of aromatic carboxylic acids is 1. The highest BCUT2D eigenvalue weighted by molar-refractivity contribution is 5.88. The summed E-state index contributed by atoms with van der Waals surface area (Å²) in [7, 11) is 0. The van der Waals surface area contributed by atoms with Crippen LogP contribution in [0.4, 0.5) is 4.39 Å². The van der Waals surface area contributed by atoms with Crippen LogP contribution in [0.25, 0.3) is 0 Å². The van der Waals surface area contributed by atoms with Crippen LogP contribution < -0.4 is 5.32 Å². The summed E-state index contributed by atoms with van der Waals surface area (Å²) in [5.74, 6) is -1.88. The van der Waals surface area contributed by atoms with Gasteiger partial charge in [0.25, 0.3) is 0 Å². The molecular formula is C10H11ClFNO2. The second kappa shape index (κ2) is 4.16. The highest BCUT2D eigenvalue weighted by atomic mass is 35.5. The minimum atomic E-state index is -1.22. The van der Waals surface area contributed by atoms with Gasteiger partial charge in [0.05, 0.1) is 5.56 Å². The van der Waals surface area contributed by atoms with Gasteiger partial charge in [-0.25, -0.2) is 9.18 Å². The van der Waals surface area contributed by atoms with Crippen molar-refractivity contribution in [3.05, 3.63) is 34.6 Å². The Morgan fingerprint density at radius 3 is 2.87 bits per heavy atom. The van der Waals surface area contributed by atoms with Crippen molar-refractivity contribution in [2.45, 2.75) is 19.5 Å². The van der Waals surface area contributed by atoms with Gasteiger partial charge in [0, 0.05) is 12.6 Å². The average molecular weight is 232 g/mol. The van der Waals surface area contributed by atoms with Crippen LogP contribution in [0.3, 0.4) is 0 Å². The summed E-state index contributed by atoms with van der Waals surface area (Å²) >= 11 is 0. The molecule has 0 saturated carbocycles. The third-order valence-electron chi connectivity index (χ3n) is 2.52. The molecule has 3 nitrogen and oxygen atoms in total. The van der Waals surface area contributed by atoms with Crippen LogP contribution >= 0.6 is 12.4 Å². The molecule has 1 aromatic rings. The number of hydrogen-bond donors (Lipinski definition) is 2. The lowest BCUT2D eigenvalue weighted by atomic mass is 10.0. The standard InChI is InChI=1S/C10H10FNO2.ClH/c1-5-7-3-9(11)8(10(13)14)2-6(7)4-12-5;/h2-3,5,12H,4H2,1H3,(H,13,14);1H. The highest BCUT2D eigenvalue weighted by Gasteiger charge is 2.22. The summed E-state index contributed by atoms with van der Waals surface area (Å²) in [6, 6.07) is 2.81. The van der Waals surface area contributed by atoms with E-state index in [1.165, 1.54) is 12.1 Å². The molecule has 0 aromatic heterocycles. The van der Waals surface area contributed by atoms with E-state index in [0.29, 0.717) is 6.54 Å². The Bertz CT molecular complexity index is 409. The molecule has 0 radical (unpaired) electrons. The monoisotopic (exact) mass is 231 g/mol. The maximum atomic E-state index is 13.3. The molecule has 2 N–H and O–H groups in total. The van der Waals surface area contributed by atoms with E-state index in [1.54, 1.807) is 0 Å². The molecule has 0 fully saturated rings. The average Bonchev–Trinajstić information content (AvgIpc) is 2.46. The van der Waals surface area contributed by atoms with Crippen LogP contribution in [0.15, 0.2) is 12.1 Å². The number of fused-ring (bicyclic) bond motifs is 1. The first-order valence-electron chi connectivity index (χ1n) is 4.38. The molecule has 0 spiro atoms. The van der Waals surface area contributed by atoms with Gasteiger partial charge in [-0.05, 0) is 30.2 Å². The van der Waals surface area contributed by atoms with Crippen molar-refractivity contribution in [1.82, 2.24) is 5.32 Å². The SMILES string of the molecule is CC1NCc2cc(C(=O)O)c(F)cc21.Cl. The summed E-state index contributed by atoms with van der Waals surface area (Å²) in [6.45, 7) is 2.53. The summed E-state index contributed by atoms with van der Waals surface area (Å²) < 4.78 is 13.3. The van der Waals surface area contributed by atoms with Gasteiger partial charge in [-0.2, -0.15) is 0 Å². The number of carboxylic acid groups (broad SMARTS) is 1. The molecule has 82 valence electrons. The van der Waals surface area contributed by atoms with E-state index in [2.05, 4.69) is 5.32 Å². The van der Waals surface area contributed by atoms with E-state index < -0.39 is 11.8 Å². The van der Waals surface area contributed by atoms with Crippen molar-refractivity contribution in [1.29, 1.82) is 0 Å². The summed E-state index contributed by atoms with van der Waals surface area (Å²) in [4.78, 5) is 10.6. The van der Waals surface area contributed by atoms with Gasteiger partial charge in [-0.15, -0.1) is 12.4 Å².